The first kappa shape index (κ1) is 11.0. The van der Waals surface area contributed by atoms with Crippen molar-refractivity contribution in [2.24, 2.45) is 0 Å². The van der Waals surface area contributed by atoms with Gasteiger partial charge in [-0.05, 0) is 26.0 Å². The van der Waals surface area contributed by atoms with E-state index in [0.29, 0.717) is 16.5 Å². The summed E-state index contributed by atoms with van der Waals surface area (Å²) in [5, 5.41) is 21.6. The molecule has 0 unspecified atom stereocenters. The molecule has 2 rings (SSSR count). The summed E-state index contributed by atoms with van der Waals surface area (Å²) in [5.41, 5.74) is 2.11. The Labute approximate surface area is 97.7 Å². The van der Waals surface area contributed by atoms with Gasteiger partial charge < -0.3 is 5.11 Å². The third-order valence-corrected chi connectivity index (χ3v) is 2.83. The first-order valence-electron chi connectivity index (χ1n) is 4.79. The van der Waals surface area contributed by atoms with Gasteiger partial charge in [-0.1, -0.05) is 11.6 Å². The lowest BCUT2D eigenvalue weighted by Gasteiger charge is -2.02. The molecule has 2 heterocycles. The van der Waals surface area contributed by atoms with Crippen LogP contribution in [0, 0.1) is 13.8 Å². The van der Waals surface area contributed by atoms with Crippen LogP contribution in [0.1, 0.15) is 17.1 Å². The zero-order valence-electron chi connectivity index (χ0n) is 8.98. The zero-order valence-corrected chi connectivity index (χ0v) is 9.73. The van der Waals surface area contributed by atoms with Crippen molar-refractivity contribution < 1.29 is 5.11 Å². The van der Waals surface area contributed by atoms with Gasteiger partial charge in [-0.15, -0.1) is 5.10 Å². The number of hydrogen-bond donors (Lipinski definition) is 1. The lowest BCUT2D eigenvalue weighted by molar-refractivity contribution is 0.275. The molecule has 2 aromatic heterocycles. The quantitative estimate of drug-likeness (QED) is 0.860. The number of hydrogen-bond acceptors (Lipinski definition) is 4. The second-order valence-corrected chi connectivity index (χ2v) is 3.82. The number of nitrogens with zero attached hydrogens (tertiary/aromatic N) is 4. The number of aliphatic hydroxyl groups excluding tert-OH is 1. The summed E-state index contributed by atoms with van der Waals surface area (Å²) in [6.45, 7) is 3.58. The van der Waals surface area contributed by atoms with Crippen LogP contribution in [0.15, 0.2) is 12.1 Å². The van der Waals surface area contributed by atoms with E-state index in [4.69, 9.17) is 16.7 Å². The first-order chi connectivity index (χ1) is 7.63. The average molecular weight is 239 g/mol. The van der Waals surface area contributed by atoms with Gasteiger partial charge >= 0.3 is 0 Å². The summed E-state index contributed by atoms with van der Waals surface area (Å²) >= 11 is 6.04. The van der Waals surface area contributed by atoms with Crippen LogP contribution >= 0.6 is 11.6 Å². The molecule has 0 atom stereocenters. The molecule has 0 radical (unpaired) electrons. The van der Waals surface area contributed by atoms with Crippen molar-refractivity contribution in [3.8, 4) is 5.82 Å². The maximum absolute atomic E-state index is 8.86. The minimum Gasteiger partial charge on any atom is -0.390 e. The van der Waals surface area contributed by atoms with E-state index < -0.39 is 0 Å². The summed E-state index contributed by atoms with van der Waals surface area (Å²) in [6, 6.07) is 3.45. The molecule has 84 valence electrons. The van der Waals surface area contributed by atoms with E-state index in [-0.39, 0.29) is 6.61 Å². The highest BCUT2D eigenvalue weighted by atomic mass is 35.5. The zero-order chi connectivity index (χ0) is 11.7. The number of aryl methyl sites for hydroxylation is 1. The van der Waals surface area contributed by atoms with Crippen molar-refractivity contribution in [3.63, 3.8) is 0 Å². The molecule has 0 aliphatic carbocycles. The number of aromatic nitrogens is 4. The van der Waals surface area contributed by atoms with Crippen molar-refractivity contribution in [1.29, 1.82) is 0 Å². The van der Waals surface area contributed by atoms with Crippen LogP contribution in [0.25, 0.3) is 5.82 Å². The maximum atomic E-state index is 8.86. The average Bonchev–Trinajstić information content (AvgIpc) is 2.57. The van der Waals surface area contributed by atoms with E-state index in [1.807, 2.05) is 13.8 Å². The summed E-state index contributed by atoms with van der Waals surface area (Å²) in [6.07, 6.45) is 0. The Kier molecular flexibility index (Phi) is 2.89. The van der Waals surface area contributed by atoms with Gasteiger partial charge in [-0.2, -0.15) is 10.2 Å². The third kappa shape index (κ3) is 1.79. The summed E-state index contributed by atoms with van der Waals surface area (Å²) in [7, 11) is 0. The molecule has 0 fully saturated rings. The first-order valence-corrected chi connectivity index (χ1v) is 5.17. The molecule has 0 saturated heterocycles. The van der Waals surface area contributed by atoms with Gasteiger partial charge in [-0.25, -0.2) is 4.68 Å². The molecule has 0 aliphatic heterocycles. The Morgan fingerprint density at radius 3 is 2.50 bits per heavy atom. The predicted molar refractivity (Wildman–Crippen MR) is 59.6 cm³/mol. The van der Waals surface area contributed by atoms with Crippen molar-refractivity contribution in [1.82, 2.24) is 20.0 Å². The molecule has 2 aromatic rings. The molecule has 1 N–H and O–H groups in total. The standard InChI is InChI=1S/C10H11ClN4O/c1-6-10(11)7(2)15(14-6)9-4-3-8(5-16)12-13-9/h3-4,16H,5H2,1-2H3. The van der Waals surface area contributed by atoms with E-state index in [1.165, 1.54) is 0 Å². The normalized spacial score (nSPS) is 10.8. The topological polar surface area (TPSA) is 63.8 Å². The fourth-order valence-corrected chi connectivity index (χ4v) is 1.51. The van der Waals surface area contributed by atoms with Gasteiger partial charge in [0.1, 0.15) is 0 Å². The molecular weight excluding hydrogens is 228 g/mol. The van der Waals surface area contributed by atoms with Crippen LogP contribution < -0.4 is 0 Å². The molecule has 0 amide bonds. The van der Waals surface area contributed by atoms with Gasteiger partial charge in [0, 0.05) is 0 Å². The van der Waals surface area contributed by atoms with Crippen molar-refractivity contribution in [2.75, 3.05) is 0 Å². The monoisotopic (exact) mass is 238 g/mol. The summed E-state index contributed by atoms with van der Waals surface area (Å²) < 4.78 is 1.63. The number of halogens is 1. The summed E-state index contributed by atoms with van der Waals surface area (Å²) in [4.78, 5) is 0. The van der Waals surface area contributed by atoms with Crippen LogP contribution in [0.2, 0.25) is 5.02 Å². The van der Waals surface area contributed by atoms with Crippen LogP contribution in [0.3, 0.4) is 0 Å². The Bertz CT molecular complexity index is 506. The SMILES string of the molecule is Cc1nn(-c2ccc(CO)nn2)c(C)c1Cl. The van der Waals surface area contributed by atoms with Crippen LogP contribution in [0.5, 0.6) is 0 Å². The molecule has 0 saturated carbocycles. The van der Waals surface area contributed by atoms with Gasteiger partial charge in [0.15, 0.2) is 5.82 Å². The van der Waals surface area contributed by atoms with Gasteiger partial charge in [0.2, 0.25) is 0 Å². The van der Waals surface area contributed by atoms with E-state index >= 15 is 0 Å². The minimum absolute atomic E-state index is 0.120. The highest BCUT2D eigenvalue weighted by Crippen LogP contribution is 2.21. The molecular formula is C10H11ClN4O. The van der Waals surface area contributed by atoms with Crippen molar-refractivity contribution in [2.45, 2.75) is 20.5 Å². The van der Waals surface area contributed by atoms with Crippen LogP contribution in [-0.2, 0) is 6.61 Å². The Hall–Kier alpha value is -1.46. The van der Waals surface area contributed by atoms with Crippen molar-refractivity contribution in [3.05, 3.63) is 34.2 Å². The lowest BCUT2D eigenvalue weighted by Crippen LogP contribution is -2.04. The third-order valence-electron chi connectivity index (χ3n) is 2.29. The van der Waals surface area contributed by atoms with Gasteiger partial charge in [-0.3, -0.25) is 0 Å². The molecule has 5 nitrogen and oxygen atoms in total. The van der Waals surface area contributed by atoms with E-state index in [9.17, 15) is 0 Å². The van der Waals surface area contributed by atoms with E-state index in [1.54, 1.807) is 16.8 Å². The molecule has 0 bridgehead atoms. The Morgan fingerprint density at radius 2 is 2.06 bits per heavy atom. The molecule has 0 aliphatic rings. The smallest absolute Gasteiger partial charge is 0.175 e. The maximum Gasteiger partial charge on any atom is 0.175 e. The fraction of sp³-hybridized carbons (Fsp3) is 0.300. The van der Waals surface area contributed by atoms with Gasteiger partial charge in [0.25, 0.3) is 0 Å². The fourth-order valence-electron chi connectivity index (χ4n) is 1.40. The van der Waals surface area contributed by atoms with Gasteiger partial charge in [0.05, 0.1) is 28.7 Å². The highest BCUT2D eigenvalue weighted by molar-refractivity contribution is 6.31. The Balaban J connectivity index is 2.46. The largest absolute Gasteiger partial charge is 0.390 e. The summed E-state index contributed by atoms with van der Waals surface area (Å²) in [5.74, 6) is 0.588. The van der Waals surface area contributed by atoms with E-state index in [0.717, 1.165) is 11.4 Å². The molecule has 6 heteroatoms. The lowest BCUT2D eigenvalue weighted by atomic mass is 10.4. The van der Waals surface area contributed by atoms with Crippen molar-refractivity contribution >= 4 is 11.6 Å². The molecule has 0 spiro atoms. The number of aliphatic hydroxyl groups is 1. The minimum atomic E-state index is -0.120. The number of rotatable bonds is 2. The van der Waals surface area contributed by atoms with Crippen LogP contribution in [0.4, 0.5) is 0 Å². The molecule has 16 heavy (non-hydrogen) atoms. The second-order valence-electron chi connectivity index (χ2n) is 3.44. The van der Waals surface area contributed by atoms with Crippen LogP contribution in [-0.4, -0.2) is 25.1 Å². The molecule has 0 aromatic carbocycles. The second kappa shape index (κ2) is 4.19. The van der Waals surface area contributed by atoms with E-state index in [2.05, 4.69) is 15.3 Å². The highest BCUT2D eigenvalue weighted by Gasteiger charge is 2.11. The predicted octanol–water partition coefficient (Wildman–Crippen LogP) is 1.42. The Morgan fingerprint density at radius 1 is 1.31 bits per heavy atom.